The number of amides is 2. The maximum atomic E-state index is 12.6. The highest BCUT2D eigenvalue weighted by Crippen LogP contribution is 2.25. The van der Waals surface area contributed by atoms with E-state index in [1.165, 1.54) is 4.90 Å². The van der Waals surface area contributed by atoms with Crippen LogP contribution >= 0.6 is 12.2 Å². The summed E-state index contributed by atoms with van der Waals surface area (Å²) in [4.78, 5) is 26.0. The maximum absolute atomic E-state index is 12.6. The predicted molar refractivity (Wildman–Crippen MR) is 87.2 cm³/mol. The van der Waals surface area contributed by atoms with Crippen LogP contribution in [0.15, 0.2) is 18.2 Å². The summed E-state index contributed by atoms with van der Waals surface area (Å²) in [5, 5.41) is 2.82. The standard InChI is InChI=1S/C16H20N2O2S/c1-4-5-6-13-14(19)17-16(21)18(15(13)20)12-8-7-10(2)11(3)9-12/h7-9,13H,4-6H2,1-3H3,(H,17,19,21)/t13-/m0/s1. The first kappa shape index (κ1) is 15.6. The van der Waals surface area contributed by atoms with Crippen molar-refractivity contribution < 1.29 is 9.59 Å². The van der Waals surface area contributed by atoms with Gasteiger partial charge in [0.15, 0.2) is 5.11 Å². The average molecular weight is 304 g/mol. The lowest BCUT2D eigenvalue weighted by Gasteiger charge is -2.32. The van der Waals surface area contributed by atoms with Crippen LogP contribution in [0.4, 0.5) is 5.69 Å². The SMILES string of the molecule is CCCC[C@H]1C(=O)NC(=S)N(c2ccc(C)c(C)c2)C1=O. The van der Waals surface area contributed by atoms with Crippen LogP contribution in [-0.2, 0) is 9.59 Å². The van der Waals surface area contributed by atoms with E-state index >= 15 is 0 Å². The quantitative estimate of drug-likeness (QED) is 0.687. The van der Waals surface area contributed by atoms with Gasteiger partial charge in [0, 0.05) is 0 Å². The molecule has 2 amide bonds. The average Bonchev–Trinajstić information content (AvgIpc) is 2.42. The molecule has 112 valence electrons. The summed E-state index contributed by atoms with van der Waals surface area (Å²) in [5.74, 6) is -1.14. The summed E-state index contributed by atoms with van der Waals surface area (Å²) in [6, 6.07) is 5.74. The topological polar surface area (TPSA) is 49.4 Å². The molecule has 0 saturated carbocycles. The molecular weight excluding hydrogens is 284 g/mol. The van der Waals surface area contributed by atoms with Crippen LogP contribution in [0.1, 0.15) is 37.3 Å². The third kappa shape index (κ3) is 3.13. The lowest BCUT2D eigenvalue weighted by atomic mass is 9.97. The maximum Gasteiger partial charge on any atom is 0.245 e. The number of thiocarbonyl (C=S) groups is 1. The first-order valence-electron chi connectivity index (χ1n) is 7.21. The minimum atomic E-state index is -0.641. The molecular formula is C16H20N2O2S. The van der Waals surface area contributed by atoms with Gasteiger partial charge in [-0.25, -0.2) is 0 Å². The Hall–Kier alpha value is -1.75. The molecule has 0 unspecified atom stereocenters. The normalized spacial score (nSPS) is 18.9. The van der Waals surface area contributed by atoms with E-state index < -0.39 is 5.92 Å². The molecule has 1 atom stereocenters. The molecule has 21 heavy (non-hydrogen) atoms. The second kappa shape index (κ2) is 6.35. The Kier molecular flexibility index (Phi) is 4.73. The number of hydrogen-bond acceptors (Lipinski definition) is 3. The van der Waals surface area contributed by atoms with E-state index in [2.05, 4.69) is 5.32 Å². The second-order valence-corrected chi connectivity index (χ2v) is 5.82. The largest absolute Gasteiger partial charge is 0.302 e. The Morgan fingerprint density at radius 3 is 2.57 bits per heavy atom. The van der Waals surface area contributed by atoms with Crippen LogP contribution in [0.25, 0.3) is 0 Å². The monoisotopic (exact) mass is 304 g/mol. The third-order valence-electron chi connectivity index (χ3n) is 3.86. The molecule has 1 aliphatic rings. The van der Waals surface area contributed by atoms with Gasteiger partial charge < -0.3 is 5.32 Å². The van der Waals surface area contributed by atoms with E-state index in [1.54, 1.807) is 0 Å². The Bertz CT molecular complexity index is 598. The summed E-state index contributed by atoms with van der Waals surface area (Å²) in [7, 11) is 0. The lowest BCUT2D eigenvalue weighted by Crippen LogP contribution is -2.58. The first-order valence-corrected chi connectivity index (χ1v) is 7.62. The van der Waals surface area contributed by atoms with Crippen molar-refractivity contribution in [2.45, 2.75) is 40.0 Å². The molecule has 0 bridgehead atoms. The van der Waals surface area contributed by atoms with Gasteiger partial charge in [0.2, 0.25) is 11.8 Å². The molecule has 1 saturated heterocycles. The first-order chi connectivity index (χ1) is 9.95. The third-order valence-corrected chi connectivity index (χ3v) is 4.15. The number of nitrogens with one attached hydrogen (secondary N) is 1. The fourth-order valence-electron chi connectivity index (χ4n) is 2.39. The number of hydrogen-bond donors (Lipinski definition) is 1. The zero-order valence-corrected chi connectivity index (χ0v) is 13.4. The summed E-state index contributed by atoms with van der Waals surface area (Å²) < 4.78 is 0. The van der Waals surface area contributed by atoms with Crippen molar-refractivity contribution in [1.29, 1.82) is 0 Å². The summed E-state index contributed by atoms with van der Waals surface area (Å²) >= 11 is 5.18. The fourth-order valence-corrected chi connectivity index (χ4v) is 2.68. The van der Waals surface area contributed by atoms with Crippen LogP contribution in [0, 0.1) is 19.8 Å². The minimum Gasteiger partial charge on any atom is -0.302 e. The lowest BCUT2D eigenvalue weighted by molar-refractivity contribution is -0.134. The fraction of sp³-hybridized carbons (Fsp3) is 0.438. The van der Waals surface area contributed by atoms with Crippen molar-refractivity contribution in [2.75, 3.05) is 4.90 Å². The Morgan fingerprint density at radius 1 is 1.24 bits per heavy atom. The number of carbonyl (C=O) groups excluding carboxylic acids is 2. The van der Waals surface area contributed by atoms with E-state index in [9.17, 15) is 9.59 Å². The zero-order chi connectivity index (χ0) is 15.6. The van der Waals surface area contributed by atoms with Crippen LogP contribution in [0.3, 0.4) is 0 Å². The molecule has 1 aliphatic heterocycles. The van der Waals surface area contributed by atoms with Crippen LogP contribution in [0.2, 0.25) is 0 Å². The highest BCUT2D eigenvalue weighted by molar-refractivity contribution is 7.80. The highest BCUT2D eigenvalue weighted by Gasteiger charge is 2.38. The summed E-state index contributed by atoms with van der Waals surface area (Å²) in [6.45, 7) is 6.04. The van der Waals surface area contributed by atoms with Gasteiger partial charge in [-0.1, -0.05) is 25.8 Å². The van der Waals surface area contributed by atoms with Crippen molar-refractivity contribution in [3.63, 3.8) is 0 Å². The van der Waals surface area contributed by atoms with Gasteiger partial charge in [-0.3, -0.25) is 14.5 Å². The van der Waals surface area contributed by atoms with E-state index in [0.717, 1.165) is 29.7 Å². The van der Waals surface area contributed by atoms with Gasteiger partial charge >= 0.3 is 0 Å². The molecule has 0 aliphatic carbocycles. The van der Waals surface area contributed by atoms with Crippen LogP contribution in [-0.4, -0.2) is 16.9 Å². The molecule has 5 heteroatoms. The van der Waals surface area contributed by atoms with E-state index in [4.69, 9.17) is 12.2 Å². The van der Waals surface area contributed by atoms with E-state index in [-0.39, 0.29) is 16.9 Å². The number of aryl methyl sites for hydroxylation is 2. The molecule has 1 aromatic carbocycles. The van der Waals surface area contributed by atoms with Crippen molar-refractivity contribution >= 4 is 34.8 Å². The van der Waals surface area contributed by atoms with Crippen molar-refractivity contribution in [3.8, 4) is 0 Å². The van der Waals surface area contributed by atoms with Crippen molar-refractivity contribution in [2.24, 2.45) is 5.92 Å². The predicted octanol–water partition coefficient (Wildman–Crippen LogP) is 2.86. The number of nitrogens with zero attached hydrogens (tertiary/aromatic N) is 1. The van der Waals surface area contributed by atoms with E-state index in [0.29, 0.717) is 6.42 Å². The Labute approximate surface area is 130 Å². The summed E-state index contributed by atoms with van der Waals surface area (Å²) in [6.07, 6.45) is 2.35. The highest BCUT2D eigenvalue weighted by atomic mass is 32.1. The molecule has 1 heterocycles. The van der Waals surface area contributed by atoms with Gasteiger partial charge in [-0.2, -0.15) is 0 Å². The molecule has 2 rings (SSSR count). The number of benzene rings is 1. The number of rotatable bonds is 4. The molecule has 0 spiro atoms. The van der Waals surface area contributed by atoms with Gasteiger partial charge in [0.1, 0.15) is 5.92 Å². The van der Waals surface area contributed by atoms with E-state index in [1.807, 2.05) is 39.0 Å². The molecule has 1 aromatic rings. The molecule has 0 aromatic heterocycles. The summed E-state index contributed by atoms with van der Waals surface area (Å²) in [5.41, 5.74) is 2.96. The van der Waals surface area contributed by atoms with Gasteiger partial charge in [0.25, 0.3) is 0 Å². The van der Waals surface area contributed by atoms with Crippen LogP contribution in [0.5, 0.6) is 0 Å². The number of unbranched alkanes of at least 4 members (excludes halogenated alkanes) is 1. The van der Waals surface area contributed by atoms with Crippen molar-refractivity contribution in [3.05, 3.63) is 29.3 Å². The van der Waals surface area contributed by atoms with Crippen LogP contribution < -0.4 is 10.2 Å². The minimum absolute atomic E-state index is 0.168. The molecule has 1 fully saturated rings. The smallest absolute Gasteiger partial charge is 0.245 e. The Balaban J connectivity index is 2.32. The van der Waals surface area contributed by atoms with Gasteiger partial charge in [0.05, 0.1) is 5.69 Å². The second-order valence-electron chi connectivity index (χ2n) is 5.43. The van der Waals surface area contributed by atoms with Gasteiger partial charge in [-0.15, -0.1) is 0 Å². The Morgan fingerprint density at radius 2 is 1.95 bits per heavy atom. The molecule has 0 radical (unpaired) electrons. The molecule has 1 N–H and O–H groups in total. The number of carbonyl (C=O) groups is 2. The van der Waals surface area contributed by atoms with Crippen molar-refractivity contribution in [1.82, 2.24) is 5.32 Å². The van der Waals surface area contributed by atoms with Gasteiger partial charge in [-0.05, 0) is 55.7 Å². The molecule has 4 nitrogen and oxygen atoms in total. The number of anilines is 1. The zero-order valence-electron chi connectivity index (χ0n) is 12.6.